The summed E-state index contributed by atoms with van der Waals surface area (Å²) in [6, 6.07) is 4.17. The van der Waals surface area contributed by atoms with Gasteiger partial charge in [0.2, 0.25) is 5.95 Å². The molecule has 0 bridgehead atoms. The van der Waals surface area contributed by atoms with Crippen molar-refractivity contribution in [3.05, 3.63) is 31.5 Å². The number of nitrogen functional groups attached to an aromatic ring is 1. The molecule has 0 saturated carbocycles. The Balaban J connectivity index is 1.91. The summed E-state index contributed by atoms with van der Waals surface area (Å²) in [7, 11) is 0. The predicted octanol–water partition coefficient (Wildman–Crippen LogP) is 3.30. The van der Waals surface area contributed by atoms with E-state index in [0.29, 0.717) is 0 Å². The van der Waals surface area contributed by atoms with Crippen molar-refractivity contribution in [3.63, 3.8) is 0 Å². The van der Waals surface area contributed by atoms with E-state index in [1.54, 1.807) is 17.5 Å². The molecule has 0 radical (unpaired) electrons. The first-order valence-electron chi connectivity index (χ1n) is 4.91. The lowest BCUT2D eigenvalue weighted by atomic mass is 10.3. The summed E-state index contributed by atoms with van der Waals surface area (Å²) in [6.07, 6.45) is 2.60. The molecule has 2 aromatic heterocycles. The lowest BCUT2D eigenvalue weighted by molar-refractivity contribution is 1.02. The Morgan fingerprint density at radius 2 is 2.18 bits per heavy atom. The van der Waals surface area contributed by atoms with Gasteiger partial charge >= 0.3 is 0 Å². The van der Waals surface area contributed by atoms with Gasteiger partial charge in [-0.25, -0.2) is 4.98 Å². The van der Waals surface area contributed by atoms with E-state index in [0.717, 1.165) is 27.0 Å². The summed E-state index contributed by atoms with van der Waals surface area (Å²) < 4.78 is 1.97. The number of thiophene rings is 1. The summed E-state index contributed by atoms with van der Waals surface area (Å²) in [5, 5.41) is 3.22. The fraction of sp³-hybridized carbons (Fsp3) is 0.200. The number of anilines is 2. The molecule has 0 aliphatic rings. The van der Waals surface area contributed by atoms with Gasteiger partial charge in [-0.05, 0) is 50.4 Å². The number of nitrogens with one attached hydrogen (secondary N) is 1. The standard InChI is InChI=1S/C10H10Br2N4S/c11-7-5-15-10(13)16-9(7)14-4-3-6-1-2-8(12)17-6/h1-2,5H,3-4H2,(H3,13,14,15,16). The maximum absolute atomic E-state index is 5.53. The molecule has 0 fully saturated rings. The molecular formula is C10H10Br2N4S. The molecule has 90 valence electrons. The third-order valence-corrected chi connectivity index (χ3v) is 4.32. The average molecular weight is 378 g/mol. The Hall–Kier alpha value is -0.660. The normalized spacial score (nSPS) is 10.5. The van der Waals surface area contributed by atoms with Crippen molar-refractivity contribution >= 4 is 55.0 Å². The van der Waals surface area contributed by atoms with Crippen LogP contribution in [0.2, 0.25) is 0 Å². The van der Waals surface area contributed by atoms with E-state index in [-0.39, 0.29) is 5.95 Å². The first-order valence-corrected chi connectivity index (χ1v) is 7.31. The Morgan fingerprint density at radius 1 is 1.35 bits per heavy atom. The van der Waals surface area contributed by atoms with Crippen LogP contribution < -0.4 is 11.1 Å². The van der Waals surface area contributed by atoms with Gasteiger partial charge < -0.3 is 11.1 Å². The highest BCUT2D eigenvalue weighted by atomic mass is 79.9. The van der Waals surface area contributed by atoms with Crippen LogP contribution in [0.15, 0.2) is 26.6 Å². The fourth-order valence-electron chi connectivity index (χ4n) is 1.29. The van der Waals surface area contributed by atoms with E-state index >= 15 is 0 Å². The summed E-state index contributed by atoms with van der Waals surface area (Å²) in [5.41, 5.74) is 5.53. The van der Waals surface area contributed by atoms with Crippen molar-refractivity contribution in [2.24, 2.45) is 0 Å². The van der Waals surface area contributed by atoms with Gasteiger partial charge in [-0.1, -0.05) is 0 Å². The third kappa shape index (κ3) is 3.65. The van der Waals surface area contributed by atoms with Crippen LogP contribution in [0, 0.1) is 0 Å². The average Bonchev–Trinajstić information content (AvgIpc) is 2.69. The van der Waals surface area contributed by atoms with Crippen LogP contribution in [-0.4, -0.2) is 16.5 Å². The first-order chi connectivity index (χ1) is 8.15. The predicted molar refractivity (Wildman–Crippen MR) is 78.4 cm³/mol. The zero-order valence-electron chi connectivity index (χ0n) is 8.78. The second-order valence-electron chi connectivity index (χ2n) is 3.31. The second kappa shape index (κ2) is 5.79. The number of hydrogen-bond donors (Lipinski definition) is 2. The van der Waals surface area contributed by atoms with E-state index < -0.39 is 0 Å². The number of aromatic nitrogens is 2. The maximum Gasteiger partial charge on any atom is 0.221 e. The summed E-state index contributed by atoms with van der Waals surface area (Å²) in [4.78, 5) is 9.32. The quantitative estimate of drug-likeness (QED) is 0.857. The molecule has 2 rings (SSSR count). The Morgan fingerprint density at radius 3 is 2.88 bits per heavy atom. The molecule has 4 nitrogen and oxygen atoms in total. The van der Waals surface area contributed by atoms with Gasteiger partial charge in [0.1, 0.15) is 5.82 Å². The number of nitrogens with zero attached hydrogens (tertiary/aromatic N) is 2. The fourth-order valence-corrected chi connectivity index (χ4v) is 3.11. The van der Waals surface area contributed by atoms with Crippen LogP contribution in [0.3, 0.4) is 0 Å². The van der Waals surface area contributed by atoms with Gasteiger partial charge in [-0.15, -0.1) is 11.3 Å². The molecule has 0 atom stereocenters. The van der Waals surface area contributed by atoms with Crippen LogP contribution in [-0.2, 0) is 6.42 Å². The highest BCUT2D eigenvalue weighted by Gasteiger charge is 2.03. The molecule has 3 N–H and O–H groups in total. The van der Waals surface area contributed by atoms with Gasteiger partial charge in [0.25, 0.3) is 0 Å². The van der Waals surface area contributed by atoms with Crippen molar-refractivity contribution in [1.29, 1.82) is 0 Å². The van der Waals surface area contributed by atoms with Gasteiger partial charge in [0, 0.05) is 17.6 Å². The van der Waals surface area contributed by atoms with Gasteiger partial charge in [-0.3, -0.25) is 0 Å². The van der Waals surface area contributed by atoms with Crippen molar-refractivity contribution < 1.29 is 0 Å². The zero-order valence-corrected chi connectivity index (χ0v) is 12.8. The zero-order chi connectivity index (χ0) is 12.3. The van der Waals surface area contributed by atoms with Gasteiger partial charge in [-0.2, -0.15) is 4.98 Å². The van der Waals surface area contributed by atoms with Crippen LogP contribution in [0.4, 0.5) is 11.8 Å². The topological polar surface area (TPSA) is 63.8 Å². The molecule has 2 aromatic rings. The number of hydrogen-bond acceptors (Lipinski definition) is 5. The van der Waals surface area contributed by atoms with Crippen LogP contribution in [0.25, 0.3) is 0 Å². The minimum atomic E-state index is 0.273. The number of rotatable bonds is 4. The highest BCUT2D eigenvalue weighted by molar-refractivity contribution is 9.11. The lowest BCUT2D eigenvalue weighted by Gasteiger charge is -2.06. The van der Waals surface area contributed by atoms with Crippen LogP contribution in [0.1, 0.15) is 4.88 Å². The van der Waals surface area contributed by atoms with Crippen molar-refractivity contribution in [2.75, 3.05) is 17.6 Å². The largest absolute Gasteiger partial charge is 0.369 e. The summed E-state index contributed by atoms with van der Waals surface area (Å²) >= 11 is 8.55. The van der Waals surface area contributed by atoms with E-state index in [2.05, 4.69) is 59.3 Å². The van der Waals surface area contributed by atoms with E-state index in [9.17, 15) is 0 Å². The molecule has 0 aromatic carbocycles. The molecule has 17 heavy (non-hydrogen) atoms. The molecule has 0 spiro atoms. The number of nitrogens with two attached hydrogens (primary N) is 1. The van der Waals surface area contributed by atoms with E-state index in [1.165, 1.54) is 4.88 Å². The van der Waals surface area contributed by atoms with Crippen LogP contribution >= 0.6 is 43.2 Å². The Labute approximate surface area is 120 Å². The minimum Gasteiger partial charge on any atom is -0.369 e. The first kappa shape index (κ1) is 12.8. The number of halogens is 2. The lowest BCUT2D eigenvalue weighted by Crippen LogP contribution is -2.08. The maximum atomic E-state index is 5.53. The molecule has 7 heteroatoms. The van der Waals surface area contributed by atoms with Crippen molar-refractivity contribution in [1.82, 2.24) is 9.97 Å². The molecule has 0 unspecified atom stereocenters. The SMILES string of the molecule is Nc1ncc(Br)c(NCCc2ccc(Br)s2)n1. The third-order valence-electron chi connectivity index (χ3n) is 2.06. The van der Waals surface area contributed by atoms with E-state index in [4.69, 9.17) is 5.73 Å². The molecule has 0 aliphatic carbocycles. The molecular weight excluding hydrogens is 368 g/mol. The monoisotopic (exact) mass is 376 g/mol. The molecule has 0 amide bonds. The highest BCUT2D eigenvalue weighted by Crippen LogP contribution is 2.23. The van der Waals surface area contributed by atoms with Crippen molar-refractivity contribution in [2.45, 2.75) is 6.42 Å². The van der Waals surface area contributed by atoms with Crippen LogP contribution in [0.5, 0.6) is 0 Å². The van der Waals surface area contributed by atoms with Crippen molar-refractivity contribution in [3.8, 4) is 0 Å². The molecule has 2 heterocycles. The minimum absolute atomic E-state index is 0.273. The molecule has 0 saturated heterocycles. The van der Waals surface area contributed by atoms with Gasteiger partial charge in [0.05, 0.1) is 8.26 Å². The smallest absolute Gasteiger partial charge is 0.221 e. The van der Waals surface area contributed by atoms with E-state index in [1.807, 2.05) is 0 Å². The Bertz CT molecular complexity index is 515. The van der Waals surface area contributed by atoms with Gasteiger partial charge in [0.15, 0.2) is 0 Å². The molecule has 0 aliphatic heterocycles. The summed E-state index contributed by atoms with van der Waals surface area (Å²) in [6.45, 7) is 0.808. The Kier molecular flexibility index (Phi) is 4.36. The summed E-state index contributed by atoms with van der Waals surface area (Å²) in [5.74, 6) is 1.00. The second-order valence-corrected chi connectivity index (χ2v) is 6.71.